The number of unbranched alkanes of at least 4 members (excludes halogenated alkanes) is 2. The molecule has 0 amide bonds. The largest absolute Gasteiger partial charge is 0.389 e. The molecule has 1 rings (SSSR count). The summed E-state index contributed by atoms with van der Waals surface area (Å²) < 4.78 is 0. The first-order valence-electron chi connectivity index (χ1n) is 4.64. The van der Waals surface area contributed by atoms with E-state index in [1.165, 1.54) is 19.3 Å². The fourth-order valence-corrected chi connectivity index (χ4v) is 1.60. The lowest BCUT2D eigenvalue weighted by atomic mass is 9.94. The van der Waals surface area contributed by atoms with Gasteiger partial charge in [0.05, 0.1) is 5.60 Å². The van der Waals surface area contributed by atoms with E-state index >= 15 is 0 Å². The van der Waals surface area contributed by atoms with Crippen molar-refractivity contribution in [2.75, 3.05) is 0 Å². The van der Waals surface area contributed by atoms with Gasteiger partial charge in [-0.25, -0.2) is 0 Å². The van der Waals surface area contributed by atoms with Crippen LogP contribution in [0.2, 0.25) is 0 Å². The molecule has 64 valence electrons. The SMILES string of the molecule is CCCCCC1(O)CC=CC1. The van der Waals surface area contributed by atoms with E-state index in [1.807, 2.05) is 0 Å². The van der Waals surface area contributed by atoms with Crippen molar-refractivity contribution in [1.29, 1.82) is 0 Å². The number of aliphatic hydroxyl groups is 1. The molecule has 1 aliphatic carbocycles. The van der Waals surface area contributed by atoms with Crippen LogP contribution in [0.4, 0.5) is 0 Å². The predicted molar refractivity (Wildman–Crippen MR) is 47.5 cm³/mol. The van der Waals surface area contributed by atoms with Gasteiger partial charge in [-0.1, -0.05) is 38.3 Å². The summed E-state index contributed by atoms with van der Waals surface area (Å²) in [5.41, 5.74) is -0.366. The maximum Gasteiger partial charge on any atom is 0.0716 e. The second-order valence-electron chi connectivity index (χ2n) is 3.56. The van der Waals surface area contributed by atoms with E-state index in [2.05, 4.69) is 19.1 Å². The van der Waals surface area contributed by atoms with Crippen LogP contribution in [0.25, 0.3) is 0 Å². The van der Waals surface area contributed by atoms with Gasteiger partial charge < -0.3 is 5.11 Å². The molecule has 0 saturated carbocycles. The maximum atomic E-state index is 9.86. The molecule has 0 fully saturated rings. The molecule has 0 unspecified atom stereocenters. The normalized spacial score (nSPS) is 20.9. The molecule has 0 radical (unpaired) electrons. The molecule has 0 saturated heterocycles. The highest BCUT2D eigenvalue weighted by Crippen LogP contribution is 2.28. The Balaban J connectivity index is 2.14. The third-order valence-electron chi connectivity index (χ3n) is 2.41. The molecule has 1 aliphatic rings. The topological polar surface area (TPSA) is 20.2 Å². The second kappa shape index (κ2) is 3.91. The van der Waals surface area contributed by atoms with Crippen molar-refractivity contribution in [2.24, 2.45) is 0 Å². The smallest absolute Gasteiger partial charge is 0.0716 e. The molecule has 1 nitrogen and oxygen atoms in total. The van der Waals surface area contributed by atoms with Crippen LogP contribution >= 0.6 is 0 Å². The van der Waals surface area contributed by atoms with E-state index in [-0.39, 0.29) is 5.60 Å². The van der Waals surface area contributed by atoms with E-state index in [1.54, 1.807) is 0 Å². The lowest BCUT2D eigenvalue weighted by Crippen LogP contribution is -2.23. The quantitative estimate of drug-likeness (QED) is 0.487. The van der Waals surface area contributed by atoms with Crippen LogP contribution in [0.5, 0.6) is 0 Å². The van der Waals surface area contributed by atoms with Crippen LogP contribution in [-0.2, 0) is 0 Å². The molecule has 1 N–H and O–H groups in total. The van der Waals surface area contributed by atoms with E-state index < -0.39 is 0 Å². The zero-order chi connectivity index (χ0) is 8.16. The van der Waals surface area contributed by atoms with Crippen molar-refractivity contribution in [3.63, 3.8) is 0 Å². The minimum atomic E-state index is -0.366. The molecule has 0 aliphatic heterocycles. The van der Waals surface area contributed by atoms with Gasteiger partial charge in [0, 0.05) is 0 Å². The van der Waals surface area contributed by atoms with E-state index in [4.69, 9.17) is 0 Å². The lowest BCUT2D eigenvalue weighted by Gasteiger charge is -2.21. The Labute approximate surface area is 69.1 Å². The Bertz CT molecular complexity index is 130. The van der Waals surface area contributed by atoms with Crippen LogP contribution in [0.3, 0.4) is 0 Å². The monoisotopic (exact) mass is 154 g/mol. The van der Waals surface area contributed by atoms with E-state index in [0.717, 1.165) is 19.3 Å². The highest BCUT2D eigenvalue weighted by atomic mass is 16.3. The molecule has 0 aromatic heterocycles. The minimum Gasteiger partial charge on any atom is -0.389 e. The van der Waals surface area contributed by atoms with Crippen molar-refractivity contribution in [1.82, 2.24) is 0 Å². The third-order valence-corrected chi connectivity index (χ3v) is 2.41. The van der Waals surface area contributed by atoms with Crippen molar-refractivity contribution in [3.8, 4) is 0 Å². The lowest BCUT2D eigenvalue weighted by molar-refractivity contribution is 0.0423. The molecule has 0 heterocycles. The van der Waals surface area contributed by atoms with E-state index in [9.17, 15) is 5.11 Å². The average molecular weight is 154 g/mol. The molecule has 0 atom stereocenters. The van der Waals surface area contributed by atoms with Gasteiger partial charge in [-0.3, -0.25) is 0 Å². The summed E-state index contributed by atoms with van der Waals surface area (Å²) in [6.07, 6.45) is 10.6. The number of hydrogen-bond donors (Lipinski definition) is 1. The van der Waals surface area contributed by atoms with Crippen LogP contribution in [0, 0.1) is 0 Å². The summed E-state index contributed by atoms with van der Waals surface area (Å²) in [6, 6.07) is 0. The molecule has 11 heavy (non-hydrogen) atoms. The Hall–Kier alpha value is -0.300. The van der Waals surface area contributed by atoms with E-state index in [0.29, 0.717) is 0 Å². The fourth-order valence-electron chi connectivity index (χ4n) is 1.60. The summed E-state index contributed by atoms with van der Waals surface area (Å²) in [5, 5.41) is 9.86. The molecule has 1 heteroatoms. The Morgan fingerprint density at radius 2 is 1.91 bits per heavy atom. The highest BCUT2D eigenvalue weighted by molar-refractivity contribution is 5.03. The van der Waals surface area contributed by atoms with Crippen molar-refractivity contribution >= 4 is 0 Å². The Kier molecular flexibility index (Phi) is 3.13. The first-order valence-corrected chi connectivity index (χ1v) is 4.64. The van der Waals surface area contributed by atoms with Gasteiger partial charge in [0.25, 0.3) is 0 Å². The maximum absolute atomic E-state index is 9.86. The van der Waals surface area contributed by atoms with Gasteiger partial charge in [-0.2, -0.15) is 0 Å². The summed E-state index contributed by atoms with van der Waals surface area (Å²) in [6.45, 7) is 2.19. The van der Waals surface area contributed by atoms with Crippen LogP contribution in [0.15, 0.2) is 12.2 Å². The third kappa shape index (κ3) is 2.66. The Morgan fingerprint density at radius 1 is 1.27 bits per heavy atom. The zero-order valence-corrected chi connectivity index (χ0v) is 7.34. The summed E-state index contributed by atoms with van der Waals surface area (Å²) in [4.78, 5) is 0. The highest BCUT2D eigenvalue weighted by Gasteiger charge is 2.26. The van der Waals surface area contributed by atoms with Gasteiger partial charge in [-0.05, 0) is 19.3 Å². The zero-order valence-electron chi connectivity index (χ0n) is 7.34. The van der Waals surface area contributed by atoms with Crippen molar-refractivity contribution in [3.05, 3.63) is 12.2 Å². The summed E-state index contributed by atoms with van der Waals surface area (Å²) >= 11 is 0. The van der Waals surface area contributed by atoms with Crippen LogP contribution in [-0.4, -0.2) is 10.7 Å². The number of rotatable bonds is 4. The molecular weight excluding hydrogens is 136 g/mol. The van der Waals surface area contributed by atoms with Gasteiger partial charge in [-0.15, -0.1) is 0 Å². The summed E-state index contributed by atoms with van der Waals surface area (Å²) in [7, 11) is 0. The van der Waals surface area contributed by atoms with Crippen LogP contribution < -0.4 is 0 Å². The standard InChI is InChI=1S/C10H18O/c1-2-3-4-7-10(11)8-5-6-9-10/h5-6,11H,2-4,7-9H2,1H3. The minimum absolute atomic E-state index is 0.366. The van der Waals surface area contributed by atoms with Gasteiger partial charge >= 0.3 is 0 Å². The van der Waals surface area contributed by atoms with Gasteiger partial charge in [0.2, 0.25) is 0 Å². The van der Waals surface area contributed by atoms with Crippen molar-refractivity contribution in [2.45, 2.75) is 51.0 Å². The van der Waals surface area contributed by atoms with Gasteiger partial charge in [0.1, 0.15) is 0 Å². The molecule has 0 aromatic carbocycles. The molecule has 0 spiro atoms. The Morgan fingerprint density at radius 3 is 2.45 bits per heavy atom. The molecule has 0 bridgehead atoms. The first kappa shape index (κ1) is 8.79. The predicted octanol–water partition coefficient (Wildman–Crippen LogP) is 2.65. The first-order chi connectivity index (χ1) is 5.27. The molecule has 0 aromatic rings. The second-order valence-corrected chi connectivity index (χ2v) is 3.56. The summed E-state index contributed by atoms with van der Waals surface area (Å²) in [5.74, 6) is 0. The van der Waals surface area contributed by atoms with Crippen LogP contribution in [0.1, 0.15) is 45.4 Å². The van der Waals surface area contributed by atoms with Gasteiger partial charge in [0.15, 0.2) is 0 Å². The molecular formula is C10H18O. The average Bonchev–Trinajstić information content (AvgIpc) is 2.38. The van der Waals surface area contributed by atoms with Crippen molar-refractivity contribution < 1.29 is 5.11 Å². The fraction of sp³-hybridized carbons (Fsp3) is 0.800. The number of hydrogen-bond acceptors (Lipinski definition) is 1.